The summed E-state index contributed by atoms with van der Waals surface area (Å²) in [4.78, 5) is 28.9. The largest absolute Gasteiger partial charge is 0.454 e. The van der Waals surface area contributed by atoms with Crippen LogP contribution in [-0.2, 0) is 16.0 Å². The van der Waals surface area contributed by atoms with E-state index in [1.807, 2.05) is 36.4 Å². The van der Waals surface area contributed by atoms with E-state index in [0.717, 1.165) is 16.6 Å². The van der Waals surface area contributed by atoms with Crippen molar-refractivity contribution in [2.75, 3.05) is 0 Å². The minimum atomic E-state index is -0.840. The molecule has 1 unspecified atom stereocenters. The molecule has 3 rings (SSSR count). The summed E-state index contributed by atoms with van der Waals surface area (Å²) in [7, 11) is 0. The van der Waals surface area contributed by atoms with Crippen LogP contribution in [0.15, 0.2) is 60.7 Å². The lowest BCUT2D eigenvalue weighted by molar-refractivity contribution is -0.146. The van der Waals surface area contributed by atoms with Crippen LogP contribution in [-0.4, -0.2) is 22.8 Å². The molecule has 0 aliphatic rings. The Bertz CT molecular complexity index is 937. The van der Waals surface area contributed by atoms with E-state index in [0.29, 0.717) is 17.0 Å². The zero-order valence-corrected chi connectivity index (χ0v) is 15.1. The van der Waals surface area contributed by atoms with Crippen LogP contribution >= 0.6 is 11.6 Å². The Morgan fingerprint density at radius 2 is 1.77 bits per heavy atom. The summed E-state index contributed by atoms with van der Waals surface area (Å²) in [6.45, 7) is 1.57. The van der Waals surface area contributed by atoms with E-state index in [-0.39, 0.29) is 12.2 Å². The van der Waals surface area contributed by atoms with Gasteiger partial charge in [-0.3, -0.25) is 14.6 Å². The number of aryl methyl sites for hydroxylation is 1. The smallest absolute Gasteiger partial charge is 0.306 e. The number of nitrogens with zero attached hydrogens (tertiary/aromatic N) is 1. The van der Waals surface area contributed by atoms with Gasteiger partial charge in [-0.15, -0.1) is 0 Å². The average Bonchev–Trinajstić information content (AvgIpc) is 2.66. The first-order valence-electron chi connectivity index (χ1n) is 8.37. The molecule has 0 N–H and O–H groups in total. The predicted molar refractivity (Wildman–Crippen MR) is 101 cm³/mol. The second-order valence-electron chi connectivity index (χ2n) is 6.00. The molecule has 26 heavy (non-hydrogen) atoms. The average molecular weight is 368 g/mol. The fraction of sp³-hybridized carbons (Fsp3) is 0.190. The second-order valence-corrected chi connectivity index (χ2v) is 6.43. The third-order valence-corrected chi connectivity index (χ3v) is 4.30. The van der Waals surface area contributed by atoms with Gasteiger partial charge in [0.25, 0.3) is 0 Å². The molecule has 0 saturated heterocycles. The molecular weight excluding hydrogens is 350 g/mol. The van der Waals surface area contributed by atoms with E-state index >= 15 is 0 Å². The monoisotopic (exact) mass is 367 g/mol. The molecular formula is C21H18ClNO3. The number of aromatic nitrogens is 1. The van der Waals surface area contributed by atoms with Crippen molar-refractivity contribution in [1.82, 2.24) is 4.98 Å². The minimum absolute atomic E-state index is 0.170. The third-order valence-electron chi connectivity index (χ3n) is 4.05. The van der Waals surface area contributed by atoms with E-state index in [1.165, 1.54) is 0 Å². The lowest BCUT2D eigenvalue weighted by Crippen LogP contribution is -2.24. The van der Waals surface area contributed by atoms with Crippen LogP contribution in [0.5, 0.6) is 0 Å². The molecule has 0 spiro atoms. The fourth-order valence-electron chi connectivity index (χ4n) is 2.64. The van der Waals surface area contributed by atoms with Gasteiger partial charge in [-0.05, 0) is 43.3 Å². The third kappa shape index (κ3) is 4.46. The maximum absolute atomic E-state index is 12.3. The Hall–Kier alpha value is -2.72. The highest BCUT2D eigenvalue weighted by Crippen LogP contribution is 2.14. The van der Waals surface area contributed by atoms with E-state index in [9.17, 15) is 9.59 Å². The molecule has 0 fully saturated rings. The van der Waals surface area contributed by atoms with Crippen molar-refractivity contribution >= 4 is 34.3 Å². The summed E-state index contributed by atoms with van der Waals surface area (Å²) < 4.78 is 5.26. The Morgan fingerprint density at radius 3 is 2.54 bits per heavy atom. The first-order valence-corrected chi connectivity index (χ1v) is 8.74. The lowest BCUT2D eigenvalue weighted by atomic mass is 10.1. The van der Waals surface area contributed by atoms with Gasteiger partial charge in [0.1, 0.15) is 0 Å². The lowest BCUT2D eigenvalue weighted by Gasteiger charge is -2.12. The zero-order chi connectivity index (χ0) is 18.5. The van der Waals surface area contributed by atoms with Crippen LogP contribution in [0.3, 0.4) is 0 Å². The van der Waals surface area contributed by atoms with Gasteiger partial charge in [-0.2, -0.15) is 0 Å². The van der Waals surface area contributed by atoms with Crippen molar-refractivity contribution in [1.29, 1.82) is 0 Å². The van der Waals surface area contributed by atoms with Crippen LogP contribution < -0.4 is 0 Å². The van der Waals surface area contributed by atoms with Gasteiger partial charge in [0.2, 0.25) is 5.78 Å². The van der Waals surface area contributed by atoms with E-state index in [1.54, 1.807) is 31.2 Å². The number of esters is 1. The van der Waals surface area contributed by atoms with Crippen LogP contribution in [0.1, 0.15) is 29.4 Å². The highest BCUT2D eigenvalue weighted by atomic mass is 35.5. The van der Waals surface area contributed by atoms with Gasteiger partial charge in [0.05, 0.1) is 11.9 Å². The molecule has 0 amide bonds. The molecule has 0 aliphatic heterocycles. The van der Waals surface area contributed by atoms with Crippen LogP contribution in [0.25, 0.3) is 10.9 Å². The summed E-state index contributed by atoms with van der Waals surface area (Å²) in [5.74, 6) is -0.673. The van der Waals surface area contributed by atoms with E-state index < -0.39 is 12.1 Å². The Morgan fingerprint density at radius 1 is 1.04 bits per heavy atom. The molecule has 1 aromatic heterocycles. The zero-order valence-electron chi connectivity index (χ0n) is 14.3. The number of pyridine rings is 1. The van der Waals surface area contributed by atoms with Crippen molar-refractivity contribution in [2.45, 2.75) is 25.9 Å². The topological polar surface area (TPSA) is 56.3 Å². The number of hydrogen-bond donors (Lipinski definition) is 0. The molecule has 4 nitrogen and oxygen atoms in total. The number of halogens is 1. The first kappa shape index (κ1) is 18.1. The summed E-state index contributed by atoms with van der Waals surface area (Å²) >= 11 is 5.81. The number of fused-ring (bicyclic) bond motifs is 1. The van der Waals surface area contributed by atoms with E-state index in [2.05, 4.69) is 4.98 Å². The van der Waals surface area contributed by atoms with Gasteiger partial charge in [-0.1, -0.05) is 35.9 Å². The Labute approximate surface area is 156 Å². The molecule has 0 aliphatic carbocycles. The maximum atomic E-state index is 12.3. The highest BCUT2D eigenvalue weighted by Gasteiger charge is 2.19. The number of ketones is 1. The predicted octanol–water partition coefficient (Wildman–Crippen LogP) is 4.64. The van der Waals surface area contributed by atoms with Crippen molar-refractivity contribution < 1.29 is 14.3 Å². The summed E-state index contributed by atoms with van der Waals surface area (Å²) in [6.07, 6.45) is -0.206. The SMILES string of the molecule is CC(OC(=O)CCc1ccc2ccccc2n1)C(=O)c1ccc(Cl)cc1. The minimum Gasteiger partial charge on any atom is -0.454 e. The number of carbonyl (C=O) groups excluding carboxylic acids is 2. The van der Waals surface area contributed by atoms with Gasteiger partial charge < -0.3 is 4.74 Å². The fourth-order valence-corrected chi connectivity index (χ4v) is 2.76. The van der Waals surface area contributed by atoms with Crippen LogP contribution in [0, 0.1) is 0 Å². The molecule has 2 aromatic carbocycles. The molecule has 0 saturated carbocycles. The first-order chi connectivity index (χ1) is 12.5. The maximum Gasteiger partial charge on any atom is 0.306 e. The number of ether oxygens (including phenoxy) is 1. The van der Waals surface area contributed by atoms with Gasteiger partial charge in [0.15, 0.2) is 6.10 Å². The molecule has 0 bridgehead atoms. The Balaban J connectivity index is 1.55. The number of hydrogen-bond acceptors (Lipinski definition) is 4. The second kappa shape index (κ2) is 8.11. The van der Waals surface area contributed by atoms with Crippen LogP contribution in [0.4, 0.5) is 0 Å². The summed E-state index contributed by atoms with van der Waals surface area (Å²) in [5, 5.41) is 1.61. The van der Waals surface area contributed by atoms with Gasteiger partial charge in [0, 0.05) is 28.1 Å². The Kier molecular flexibility index (Phi) is 5.64. The normalized spacial score (nSPS) is 11.9. The summed E-state index contributed by atoms with van der Waals surface area (Å²) in [6, 6.07) is 18.2. The number of Topliss-reactive ketones (excluding diaryl/α,β-unsaturated/α-hetero) is 1. The van der Waals surface area contributed by atoms with Gasteiger partial charge >= 0.3 is 5.97 Å². The number of rotatable bonds is 6. The van der Waals surface area contributed by atoms with Crippen molar-refractivity contribution in [3.05, 3.63) is 76.9 Å². The molecule has 132 valence electrons. The molecule has 0 radical (unpaired) electrons. The summed E-state index contributed by atoms with van der Waals surface area (Å²) in [5.41, 5.74) is 2.17. The number of carbonyl (C=O) groups is 2. The van der Waals surface area contributed by atoms with Crippen molar-refractivity contribution in [3.63, 3.8) is 0 Å². The standard InChI is InChI=1S/C21H18ClNO3/c1-14(21(25)16-6-9-17(22)10-7-16)26-20(24)13-12-18-11-8-15-4-2-3-5-19(15)23-18/h2-11,14H,12-13H2,1H3. The highest BCUT2D eigenvalue weighted by molar-refractivity contribution is 6.30. The molecule has 5 heteroatoms. The number of benzene rings is 2. The quantitative estimate of drug-likeness (QED) is 0.470. The molecule has 3 aromatic rings. The molecule has 1 heterocycles. The van der Waals surface area contributed by atoms with Crippen molar-refractivity contribution in [3.8, 4) is 0 Å². The van der Waals surface area contributed by atoms with Crippen LogP contribution in [0.2, 0.25) is 5.02 Å². The van der Waals surface area contributed by atoms with Gasteiger partial charge in [-0.25, -0.2) is 0 Å². The number of para-hydroxylation sites is 1. The van der Waals surface area contributed by atoms with E-state index in [4.69, 9.17) is 16.3 Å². The molecule has 1 atom stereocenters. The van der Waals surface area contributed by atoms with Crippen molar-refractivity contribution in [2.24, 2.45) is 0 Å².